The second kappa shape index (κ2) is 11.3. The van der Waals surface area contributed by atoms with Crippen LogP contribution in [0.25, 0.3) is 10.9 Å². The Labute approximate surface area is 198 Å². The first-order chi connectivity index (χ1) is 16.2. The minimum Gasteiger partial charge on any atom is -0.382 e. The molecule has 0 saturated carbocycles. The van der Waals surface area contributed by atoms with Gasteiger partial charge in [0.1, 0.15) is 0 Å². The maximum Gasteiger partial charge on any atom is 0.262 e. The van der Waals surface area contributed by atoms with E-state index in [2.05, 4.69) is 17.0 Å². The van der Waals surface area contributed by atoms with Crippen molar-refractivity contribution in [3.05, 3.63) is 65.0 Å². The molecule has 33 heavy (non-hydrogen) atoms. The molecule has 1 aliphatic rings. The summed E-state index contributed by atoms with van der Waals surface area (Å²) >= 11 is 1.35. The molecule has 1 amide bonds. The molecule has 0 radical (unpaired) electrons. The number of fused-ring (bicyclic) bond motifs is 1. The molecule has 2 heterocycles. The van der Waals surface area contributed by atoms with E-state index < -0.39 is 0 Å². The highest BCUT2D eigenvalue weighted by atomic mass is 32.2. The largest absolute Gasteiger partial charge is 0.382 e. The molecule has 4 rings (SSSR count). The molecule has 1 aliphatic heterocycles. The summed E-state index contributed by atoms with van der Waals surface area (Å²) in [4.78, 5) is 34.9. The monoisotopic (exact) mass is 466 g/mol. The number of thioether (sulfide) groups is 1. The second-order valence-corrected chi connectivity index (χ2v) is 8.85. The molecule has 0 aliphatic carbocycles. The van der Waals surface area contributed by atoms with E-state index in [-0.39, 0.29) is 17.2 Å². The first kappa shape index (κ1) is 23.3. The van der Waals surface area contributed by atoms with Crippen molar-refractivity contribution >= 4 is 34.3 Å². The number of rotatable bonds is 9. The Hall–Kier alpha value is -2.84. The van der Waals surface area contributed by atoms with Gasteiger partial charge in [0.05, 0.1) is 16.7 Å². The maximum atomic E-state index is 13.1. The van der Waals surface area contributed by atoms with Gasteiger partial charge in [-0.1, -0.05) is 42.1 Å². The Morgan fingerprint density at radius 1 is 1.03 bits per heavy atom. The highest BCUT2D eigenvalue weighted by Crippen LogP contribution is 2.20. The van der Waals surface area contributed by atoms with Gasteiger partial charge in [-0.05, 0) is 37.6 Å². The third kappa shape index (κ3) is 5.75. The zero-order valence-electron chi connectivity index (χ0n) is 19.0. The molecule has 1 saturated heterocycles. The van der Waals surface area contributed by atoms with E-state index in [1.54, 1.807) is 10.6 Å². The van der Waals surface area contributed by atoms with Crippen LogP contribution < -0.4 is 10.5 Å². The fraction of sp³-hybridized carbons (Fsp3) is 0.400. The lowest BCUT2D eigenvalue weighted by Crippen LogP contribution is -2.49. The van der Waals surface area contributed by atoms with Crippen LogP contribution in [0.5, 0.6) is 0 Å². The summed E-state index contributed by atoms with van der Waals surface area (Å²) in [6.45, 7) is 6.73. The third-order valence-electron chi connectivity index (χ3n) is 5.78. The molecular weight excluding hydrogens is 436 g/mol. The standard InChI is InChI=1S/C25H30N4O3S/c1-2-32-18-8-13-29-24(31)21-11-6-7-12-22(21)26-25(29)33-19-23(30)28-16-14-27(15-17-28)20-9-4-3-5-10-20/h3-7,9-12H,2,8,13-19H2,1H3. The minimum atomic E-state index is -0.0662. The SMILES string of the molecule is CCOCCCn1c(SCC(=O)N2CCN(c3ccccc3)CC2)nc2ccccc2c1=O. The summed E-state index contributed by atoms with van der Waals surface area (Å²) in [6, 6.07) is 17.7. The first-order valence-electron chi connectivity index (χ1n) is 11.4. The summed E-state index contributed by atoms with van der Waals surface area (Å²) in [7, 11) is 0. The Kier molecular flexibility index (Phi) is 8.01. The Bertz CT molecular complexity index is 1130. The number of para-hydroxylation sites is 2. The fourth-order valence-corrected chi connectivity index (χ4v) is 4.92. The number of anilines is 1. The molecule has 8 heteroatoms. The fourth-order valence-electron chi connectivity index (χ4n) is 3.99. The lowest BCUT2D eigenvalue weighted by Gasteiger charge is -2.36. The average Bonchev–Trinajstić information content (AvgIpc) is 2.87. The normalized spacial score (nSPS) is 14.1. The van der Waals surface area contributed by atoms with Gasteiger partial charge in [0.25, 0.3) is 5.56 Å². The number of hydrogen-bond acceptors (Lipinski definition) is 6. The minimum absolute atomic E-state index is 0.0662. The van der Waals surface area contributed by atoms with Crippen molar-refractivity contribution < 1.29 is 9.53 Å². The maximum absolute atomic E-state index is 13.1. The Morgan fingerprint density at radius 3 is 2.52 bits per heavy atom. The molecule has 0 atom stereocenters. The molecule has 0 N–H and O–H groups in total. The van der Waals surface area contributed by atoms with E-state index in [1.807, 2.05) is 48.2 Å². The van der Waals surface area contributed by atoms with Gasteiger partial charge in [0.15, 0.2) is 5.16 Å². The molecule has 3 aromatic rings. The van der Waals surface area contributed by atoms with Crippen molar-refractivity contribution in [2.75, 3.05) is 50.0 Å². The number of aromatic nitrogens is 2. The second-order valence-electron chi connectivity index (χ2n) is 7.91. The average molecular weight is 467 g/mol. The van der Waals surface area contributed by atoms with E-state index in [0.717, 1.165) is 19.5 Å². The zero-order valence-corrected chi connectivity index (χ0v) is 19.8. The van der Waals surface area contributed by atoms with E-state index in [1.165, 1.54) is 17.4 Å². The molecule has 0 unspecified atom stereocenters. The quantitative estimate of drug-likeness (QED) is 0.274. The van der Waals surface area contributed by atoms with Crippen molar-refractivity contribution in [1.29, 1.82) is 0 Å². The van der Waals surface area contributed by atoms with Gasteiger partial charge < -0.3 is 14.5 Å². The topological polar surface area (TPSA) is 67.7 Å². The Balaban J connectivity index is 1.41. The summed E-state index contributed by atoms with van der Waals surface area (Å²) in [6.07, 6.45) is 0.719. The zero-order chi connectivity index (χ0) is 23.0. The van der Waals surface area contributed by atoms with Crippen LogP contribution in [0.15, 0.2) is 64.5 Å². The van der Waals surface area contributed by atoms with Crippen LogP contribution in [0.1, 0.15) is 13.3 Å². The predicted octanol–water partition coefficient (Wildman–Crippen LogP) is 3.26. The summed E-state index contributed by atoms with van der Waals surface area (Å²) in [5, 5.41) is 1.19. The van der Waals surface area contributed by atoms with Crippen molar-refractivity contribution in [3.8, 4) is 0 Å². The van der Waals surface area contributed by atoms with Crippen LogP contribution in [0.2, 0.25) is 0 Å². The van der Waals surface area contributed by atoms with Gasteiger partial charge in [0, 0.05) is 51.6 Å². The highest BCUT2D eigenvalue weighted by molar-refractivity contribution is 7.99. The molecule has 1 fully saturated rings. The van der Waals surface area contributed by atoms with Gasteiger partial charge in [-0.3, -0.25) is 14.2 Å². The summed E-state index contributed by atoms with van der Waals surface area (Å²) in [5.41, 5.74) is 1.79. The molecule has 7 nitrogen and oxygen atoms in total. The van der Waals surface area contributed by atoms with Crippen LogP contribution in [0.3, 0.4) is 0 Å². The van der Waals surface area contributed by atoms with E-state index in [4.69, 9.17) is 9.72 Å². The predicted molar refractivity (Wildman–Crippen MR) is 133 cm³/mol. The summed E-state index contributed by atoms with van der Waals surface area (Å²) < 4.78 is 7.12. The number of amides is 1. The van der Waals surface area contributed by atoms with Crippen LogP contribution in [0.4, 0.5) is 5.69 Å². The molecule has 0 bridgehead atoms. The number of nitrogens with zero attached hydrogens (tertiary/aromatic N) is 4. The highest BCUT2D eigenvalue weighted by Gasteiger charge is 2.22. The van der Waals surface area contributed by atoms with E-state index in [0.29, 0.717) is 48.9 Å². The molecule has 2 aromatic carbocycles. The van der Waals surface area contributed by atoms with Gasteiger partial charge in [-0.15, -0.1) is 0 Å². The van der Waals surface area contributed by atoms with Crippen molar-refractivity contribution in [2.45, 2.75) is 25.0 Å². The number of carbonyl (C=O) groups excluding carboxylic acids is 1. The number of benzene rings is 2. The lowest BCUT2D eigenvalue weighted by molar-refractivity contribution is -0.128. The molecular formula is C25H30N4O3S. The van der Waals surface area contributed by atoms with Gasteiger partial charge in [0.2, 0.25) is 5.91 Å². The lowest BCUT2D eigenvalue weighted by atomic mass is 10.2. The summed E-state index contributed by atoms with van der Waals surface area (Å²) in [5.74, 6) is 0.345. The van der Waals surface area contributed by atoms with Crippen molar-refractivity contribution in [3.63, 3.8) is 0 Å². The van der Waals surface area contributed by atoms with Crippen molar-refractivity contribution in [2.24, 2.45) is 0 Å². The van der Waals surface area contributed by atoms with Crippen LogP contribution >= 0.6 is 11.8 Å². The molecule has 174 valence electrons. The van der Waals surface area contributed by atoms with Gasteiger partial charge >= 0.3 is 0 Å². The molecule has 1 aromatic heterocycles. The van der Waals surface area contributed by atoms with E-state index >= 15 is 0 Å². The Morgan fingerprint density at radius 2 is 1.76 bits per heavy atom. The molecule has 0 spiro atoms. The van der Waals surface area contributed by atoms with Crippen LogP contribution in [-0.4, -0.2) is 65.5 Å². The van der Waals surface area contributed by atoms with Crippen LogP contribution in [-0.2, 0) is 16.1 Å². The number of carbonyl (C=O) groups is 1. The van der Waals surface area contributed by atoms with E-state index in [9.17, 15) is 9.59 Å². The number of hydrogen-bond donors (Lipinski definition) is 0. The van der Waals surface area contributed by atoms with Gasteiger partial charge in [-0.25, -0.2) is 4.98 Å². The van der Waals surface area contributed by atoms with Crippen molar-refractivity contribution in [1.82, 2.24) is 14.5 Å². The first-order valence-corrected chi connectivity index (χ1v) is 12.4. The van der Waals surface area contributed by atoms with Gasteiger partial charge in [-0.2, -0.15) is 0 Å². The smallest absolute Gasteiger partial charge is 0.262 e. The third-order valence-corrected chi connectivity index (χ3v) is 6.74. The van der Waals surface area contributed by atoms with Crippen LogP contribution in [0, 0.1) is 0 Å². The number of ether oxygens (including phenoxy) is 1. The number of piperazine rings is 1.